The molecule has 0 fully saturated rings. The van der Waals surface area contributed by atoms with Crippen LogP contribution in [0.5, 0.6) is 5.75 Å². The Morgan fingerprint density at radius 1 is 1.14 bits per heavy atom. The molecular weight excluding hydrogens is 269 g/mol. The maximum Gasteiger partial charge on any atom is 0.124 e. The summed E-state index contributed by atoms with van der Waals surface area (Å²) in [5.74, 6) is 0.437. The zero-order valence-corrected chi connectivity index (χ0v) is 12.3. The first kappa shape index (κ1) is 15.3. The van der Waals surface area contributed by atoms with Crippen molar-refractivity contribution in [3.05, 3.63) is 59.9 Å². The minimum atomic E-state index is -0.719. The number of benzene rings is 2. The first-order valence-corrected chi connectivity index (χ1v) is 6.96. The average molecular weight is 289 g/mol. The third kappa shape index (κ3) is 3.52. The largest absolute Gasteiger partial charge is 0.494 e. The van der Waals surface area contributed by atoms with Crippen molar-refractivity contribution in [3.63, 3.8) is 0 Å². The molecule has 1 unspecified atom stereocenters. The van der Waals surface area contributed by atoms with E-state index in [1.807, 2.05) is 38.1 Å². The molecule has 2 aromatic carbocycles. The maximum atomic E-state index is 13.0. The van der Waals surface area contributed by atoms with Gasteiger partial charge >= 0.3 is 0 Å². The first-order valence-electron chi connectivity index (χ1n) is 6.96. The van der Waals surface area contributed by atoms with Gasteiger partial charge in [-0.05, 0) is 44.2 Å². The van der Waals surface area contributed by atoms with Crippen LogP contribution in [0.4, 0.5) is 10.1 Å². The standard InChI is InChI=1S/C17H20FNO2/c1-3-21-16-7-5-4-6-15(16)17(2,12-20)19-14-10-8-13(18)9-11-14/h4-11,19-20H,3,12H2,1-2H3. The van der Waals surface area contributed by atoms with Crippen LogP contribution in [0.1, 0.15) is 19.4 Å². The summed E-state index contributed by atoms with van der Waals surface area (Å²) in [7, 11) is 0. The van der Waals surface area contributed by atoms with E-state index in [0.717, 1.165) is 17.0 Å². The second-order valence-electron chi connectivity index (χ2n) is 5.05. The van der Waals surface area contributed by atoms with Crippen molar-refractivity contribution in [2.75, 3.05) is 18.5 Å². The van der Waals surface area contributed by atoms with Gasteiger partial charge in [-0.3, -0.25) is 0 Å². The number of aliphatic hydroxyl groups excluding tert-OH is 1. The molecule has 4 heteroatoms. The van der Waals surface area contributed by atoms with Crippen molar-refractivity contribution < 1.29 is 14.2 Å². The lowest BCUT2D eigenvalue weighted by Crippen LogP contribution is -2.36. The highest BCUT2D eigenvalue weighted by Gasteiger charge is 2.29. The van der Waals surface area contributed by atoms with Gasteiger partial charge < -0.3 is 15.2 Å². The predicted molar refractivity (Wildman–Crippen MR) is 82.1 cm³/mol. The minimum Gasteiger partial charge on any atom is -0.494 e. The topological polar surface area (TPSA) is 41.5 Å². The van der Waals surface area contributed by atoms with Crippen molar-refractivity contribution in [2.45, 2.75) is 19.4 Å². The lowest BCUT2D eigenvalue weighted by Gasteiger charge is -2.32. The van der Waals surface area contributed by atoms with Crippen molar-refractivity contribution in [1.82, 2.24) is 0 Å². The first-order chi connectivity index (χ1) is 10.1. The summed E-state index contributed by atoms with van der Waals surface area (Å²) in [5, 5.41) is 13.1. The van der Waals surface area contributed by atoms with Crippen LogP contribution in [0.2, 0.25) is 0 Å². The number of hydrogen-bond acceptors (Lipinski definition) is 3. The van der Waals surface area contributed by atoms with Crippen molar-refractivity contribution in [3.8, 4) is 5.75 Å². The van der Waals surface area contributed by atoms with Gasteiger partial charge in [0.1, 0.15) is 11.6 Å². The van der Waals surface area contributed by atoms with Crippen LogP contribution in [0.15, 0.2) is 48.5 Å². The number of anilines is 1. The van der Waals surface area contributed by atoms with Gasteiger partial charge in [-0.1, -0.05) is 18.2 Å². The van der Waals surface area contributed by atoms with Crippen molar-refractivity contribution in [1.29, 1.82) is 0 Å². The molecule has 0 spiro atoms. The van der Waals surface area contributed by atoms with E-state index in [4.69, 9.17) is 4.74 Å². The van der Waals surface area contributed by atoms with E-state index in [0.29, 0.717) is 6.61 Å². The maximum absolute atomic E-state index is 13.0. The average Bonchev–Trinajstić information content (AvgIpc) is 2.50. The van der Waals surface area contributed by atoms with Crippen LogP contribution < -0.4 is 10.1 Å². The monoisotopic (exact) mass is 289 g/mol. The van der Waals surface area contributed by atoms with Gasteiger partial charge in [0.25, 0.3) is 0 Å². The summed E-state index contributed by atoms with van der Waals surface area (Å²) in [6, 6.07) is 13.6. The number of para-hydroxylation sites is 1. The smallest absolute Gasteiger partial charge is 0.124 e. The lowest BCUT2D eigenvalue weighted by molar-refractivity contribution is 0.218. The number of aliphatic hydroxyl groups is 1. The molecule has 0 amide bonds. The molecule has 0 aromatic heterocycles. The molecule has 0 aliphatic carbocycles. The van der Waals surface area contributed by atoms with Gasteiger partial charge in [-0.2, -0.15) is 0 Å². The highest BCUT2D eigenvalue weighted by atomic mass is 19.1. The van der Waals surface area contributed by atoms with Gasteiger partial charge in [-0.25, -0.2) is 4.39 Å². The Labute approximate surface area is 124 Å². The zero-order valence-electron chi connectivity index (χ0n) is 12.3. The Balaban J connectivity index is 2.34. The molecular formula is C17H20FNO2. The van der Waals surface area contributed by atoms with E-state index in [-0.39, 0.29) is 12.4 Å². The molecule has 0 bridgehead atoms. The molecule has 0 heterocycles. The third-order valence-electron chi connectivity index (χ3n) is 3.36. The molecule has 0 saturated carbocycles. The Morgan fingerprint density at radius 2 is 1.81 bits per heavy atom. The highest BCUT2D eigenvalue weighted by molar-refractivity contribution is 5.50. The zero-order chi connectivity index (χ0) is 15.3. The molecule has 0 saturated heterocycles. The van der Waals surface area contributed by atoms with Gasteiger partial charge in [0.15, 0.2) is 0 Å². The van der Waals surface area contributed by atoms with Gasteiger partial charge in [-0.15, -0.1) is 0 Å². The van der Waals surface area contributed by atoms with E-state index in [9.17, 15) is 9.50 Å². The Morgan fingerprint density at radius 3 is 2.43 bits per heavy atom. The number of ether oxygens (including phenoxy) is 1. The summed E-state index contributed by atoms with van der Waals surface area (Å²) in [6.45, 7) is 4.23. The van der Waals surface area contributed by atoms with E-state index >= 15 is 0 Å². The second kappa shape index (κ2) is 6.59. The molecule has 112 valence electrons. The quantitative estimate of drug-likeness (QED) is 0.854. The van der Waals surface area contributed by atoms with Crippen molar-refractivity contribution >= 4 is 5.69 Å². The van der Waals surface area contributed by atoms with E-state index in [2.05, 4.69) is 5.32 Å². The van der Waals surface area contributed by atoms with Crippen LogP contribution in [-0.2, 0) is 5.54 Å². The summed E-state index contributed by atoms with van der Waals surface area (Å²) in [5.41, 5.74) is 0.877. The Kier molecular flexibility index (Phi) is 4.81. The number of hydrogen-bond donors (Lipinski definition) is 2. The fourth-order valence-corrected chi connectivity index (χ4v) is 2.25. The Bertz CT molecular complexity index is 586. The second-order valence-corrected chi connectivity index (χ2v) is 5.05. The van der Waals surface area contributed by atoms with Gasteiger partial charge in [0.05, 0.1) is 18.8 Å². The Hall–Kier alpha value is -2.07. The molecule has 2 N–H and O–H groups in total. The summed E-state index contributed by atoms with van der Waals surface area (Å²) >= 11 is 0. The molecule has 2 aromatic rings. The normalized spacial score (nSPS) is 13.5. The highest BCUT2D eigenvalue weighted by Crippen LogP contribution is 2.32. The van der Waals surface area contributed by atoms with Gasteiger partial charge in [0, 0.05) is 11.3 Å². The predicted octanol–water partition coefficient (Wildman–Crippen LogP) is 3.54. The molecule has 0 aliphatic heterocycles. The molecule has 0 radical (unpaired) electrons. The third-order valence-corrected chi connectivity index (χ3v) is 3.36. The van der Waals surface area contributed by atoms with Gasteiger partial charge in [0.2, 0.25) is 0 Å². The molecule has 2 rings (SSSR count). The van der Waals surface area contributed by atoms with Crippen molar-refractivity contribution in [2.24, 2.45) is 0 Å². The van der Waals surface area contributed by atoms with Crippen LogP contribution in [-0.4, -0.2) is 18.3 Å². The summed E-state index contributed by atoms with van der Waals surface area (Å²) in [4.78, 5) is 0. The lowest BCUT2D eigenvalue weighted by atomic mass is 9.91. The number of halogens is 1. The van der Waals surface area contributed by atoms with E-state index in [1.54, 1.807) is 12.1 Å². The molecule has 21 heavy (non-hydrogen) atoms. The fraction of sp³-hybridized carbons (Fsp3) is 0.294. The number of nitrogens with one attached hydrogen (secondary N) is 1. The molecule has 3 nitrogen and oxygen atoms in total. The van der Waals surface area contributed by atoms with Crippen LogP contribution >= 0.6 is 0 Å². The summed E-state index contributed by atoms with van der Waals surface area (Å²) in [6.07, 6.45) is 0. The van der Waals surface area contributed by atoms with E-state index < -0.39 is 5.54 Å². The molecule has 0 aliphatic rings. The van der Waals surface area contributed by atoms with Crippen LogP contribution in [0, 0.1) is 5.82 Å². The van der Waals surface area contributed by atoms with Crippen LogP contribution in [0.3, 0.4) is 0 Å². The SMILES string of the molecule is CCOc1ccccc1C(C)(CO)Nc1ccc(F)cc1. The van der Waals surface area contributed by atoms with E-state index in [1.165, 1.54) is 12.1 Å². The fourth-order valence-electron chi connectivity index (χ4n) is 2.25. The minimum absolute atomic E-state index is 0.117. The van der Waals surface area contributed by atoms with Crippen LogP contribution in [0.25, 0.3) is 0 Å². The summed E-state index contributed by atoms with van der Waals surface area (Å²) < 4.78 is 18.6. The molecule has 1 atom stereocenters. The number of rotatable bonds is 6.